The number of hydrogen-bond donors (Lipinski definition) is 1. The second-order valence-corrected chi connectivity index (χ2v) is 11.4. The van der Waals surface area contributed by atoms with E-state index in [0.29, 0.717) is 18.4 Å². The Kier molecular flexibility index (Phi) is 15.7. The molecule has 0 heterocycles. The minimum atomic E-state index is -1.10. The van der Waals surface area contributed by atoms with Crippen molar-refractivity contribution in [3.8, 4) is 11.5 Å². The largest absolute Gasteiger partial charge is 0.514 e. The molecule has 0 aliphatic carbocycles. The lowest BCUT2D eigenvalue weighted by atomic mass is 9.99. The Labute approximate surface area is 248 Å². The summed E-state index contributed by atoms with van der Waals surface area (Å²) in [6, 6.07) is 3.27. The van der Waals surface area contributed by atoms with E-state index in [2.05, 4.69) is 0 Å². The van der Waals surface area contributed by atoms with Gasteiger partial charge in [0.25, 0.3) is 0 Å². The summed E-state index contributed by atoms with van der Waals surface area (Å²) in [6.45, 7) is 14.6. The summed E-state index contributed by atoms with van der Waals surface area (Å²) >= 11 is 0. The first kappa shape index (κ1) is 36.5. The highest BCUT2D eigenvalue weighted by molar-refractivity contribution is 5.76. The lowest BCUT2D eigenvalue weighted by molar-refractivity contribution is -0.148. The van der Waals surface area contributed by atoms with Crippen molar-refractivity contribution in [3.05, 3.63) is 23.8 Å². The standard InChI is InChI=1S/C30H47NO11/c1-9-11-19(3)38-28(34)41-24-14-13-22(16-25(24)42-29(35)39-20(4)12-10-2)15-23(31)26(32)36-17-21(5)40-27(33)37-18-30(6,7)8/h13-14,16,19-21,23H,9-12,15,17-18,31H2,1-8H3/t19?,20?,21-,23-/m0/s1. The lowest BCUT2D eigenvalue weighted by Gasteiger charge is -2.19. The van der Waals surface area contributed by atoms with Crippen LogP contribution in [0.5, 0.6) is 11.5 Å². The maximum atomic E-state index is 12.5. The van der Waals surface area contributed by atoms with E-state index in [1.54, 1.807) is 26.8 Å². The monoisotopic (exact) mass is 597 g/mol. The van der Waals surface area contributed by atoms with Crippen LogP contribution < -0.4 is 15.2 Å². The molecule has 4 atom stereocenters. The first-order chi connectivity index (χ1) is 19.6. The van der Waals surface area contributed by atoms with Crippen LogP contribution in [-0.2, 0) is 34.9 Å². The molecule has 0 radical (unpaired) electrons. The Morgan fingerprint density at radius 1 is 0.762 bits per heavy atom. The van der Waals surface area contributed by atoms with Gasteiger partial charge in [-0.2, -0.15) is 0 Å². The van der Waals surface area contributed by atoms with Gasteiger partial charge in [0.1, 0.15) is 31.0 Å². The van der Waals surface area contributed by atoms with Gasteiger partial charge in [-0.1, -0.05) is 53.5 Å². The van der Waals surface area contributed by atoms with Crippen molar-refractivity contribution in [1.82, 2.24) is 0 Å². The topological polar surface area (TPSA) is 159 Å². The third-order valence-corrected chi connectivity index (χ3v) is 5.52. The van der Waals surface area contributed by atoms with E-state index in [0.717, 1.165) is 12.8 Å². The Hall–Kier alpha value is -3.54. The van der Waals surface area contributed by atoms with Crippen molar-refractivity contribution >= 4 is 24.4 Å². The molecule has 0 saturated carbocycles. The summed E-state index contributed by atoms with van der Waals surface area (Å²) in [6.07, 6.45) is -1.40. The average molecular weight is 598 g/mol. The van der Waals surface area contributed by atoms with E-state index in [1.807, 2.05) is 34.6 Å². The summed E-state index contributed by atoms with van der Waals surface area (Å²) in [5.74, 6) is -0.928. The van der Waals surface area contributed by atoms with Crippen molar-refractivity contribution in [2.24, 2.45) is 11.1 Å². The Morgan fingerprint density at radius 3 is 1.81 bits per heavy atom. The lowest BCUT2D eigenvalue weighted by Crippen LogP contribution is -2.36. The van der Waals surface area contributed by atoms with Crippen LogP contribution in [-0.4, -0.2) is 62.0 Å². The zero-order chi connectivity index (χ0) is 31.9. The first-order valence-electron chi connectivity index (χ1n) is 14.3. The summed E-state index contributed by atoms with van der Waals surface area (Å²) in [7, 11) is 0. The van der Waals surface area contributed by atoms with Crippen LogP contribution in [0.4, 0.5) is 14.4 Å². The highest BCUT2D eigenvalue weighted by atomic mass is 16.8. The van der Waals surface area contributed by atoms with Crippen molar-refractivity contribution in [3.63, 3.8) is 0 Å². The van der Waals surface area contributed by atoms with Gasteiger partial charge in [0.15, 0.2) is 11.5 Å². The molecule has 42 heavy (non-hydrogen) atoms. The van der Waals surface area contributed by atoms with Crippen LogP contribution in [0.2, 0.25) is 0 Å². The van der Waals surface area contributed by atoms with Gasteiger partial charge in [-0.3, -0.25) is 4.79 Å². The fourth-order valence-electron chi connectivity index (χ4n) is 3.48. The highest BCUT2D eigenvalue weighted by Crippen LogP contribution is 2.30. The van der Waals surface area contributed by atoms with Gasteiger partial charge < -0.3 is 38.9 Å². The van der Waals surface area contributed by atoms with Crippen LogP contribution in [0.3, 0.4) is 0 Å². The van der Waals surface area contributed by atoms with Crippen molar-refractivity contribution in [2.45, 2.75) is 112 Å². The second kappa shape index (κ2) is 18.1. The fourth-order valence-corrected chi connectivity index (χ4v) is 3.48. The molecule has 2 unspecified atom stereocenters. The summed E-state index contributed by atoms with van der Waals surface area (Å²) < 4.78 is 36.4. The third-order valence-electron chi connectivity index (χ3n) is 5.52. The fraction of sp³-hybridized carbons (Fsp3) is 0.667. The summed E-state index contributed by atoms with van der Waals surface area (Å²) in [5, 5.41) is 0. The van der Waals surface area contributed by atoms with Crippen molar-refractivity contribution in [2.75, 3.05) is 13.2 Å². The summed E-state index contributed by atoms with van der Waals surface area (Å²) in [5.41, 5.74) is 6.30. The van der Waals surface area contributed by atoms with Gasteiger partial charge >= 0.3 is 24.4 Å². The van der Waals surface area contributed by atoms with Crippen LogP contribution in [0.15, 0.2) is 18.2 Å². The number of carbonyl (C=O) groups excluding carboxylic acids is 4. The van der Waals surface area contributed by atoms with E-state index < -0.39 is 36.6 Å². The number of esters is 1. The number of benzene rings is 1. The van der Waals surface area contributed by atoms with Crippen LogP contribution in [0, 0.1) is 5.41 Å². The van der Waals surface area contributed by atoms with Crippen LogP contribution >= 0.6 is 0 Å². The predicted octanol–water partition coefficient (Wildman–Crippen LogP) is 6.10. The van der Waals surface area contributed by atoms with Crippen LogP contribution in [0.25, 0.3) is 0 Å². The maximum absolute atomic E-state index is 12.5. The molecule has 12 heteroatoms. The number of hydrogen-bond acceptors (Lipinski definition) is 12. The number of ether oxygens (including phenoxy) is 7. The van der Waals surface area contributed by atoms with Gasteiger partial charge in [-0.15, -0.1) is 0 Å². The second-order valence-electron chi connectivity index (χ2n) is 11.4. The molecule has 0 bridgehead atoms. The SMILES string of the molecule is CCCC(C)OC(=O)Oc1ccc(C[C@H](N)C(=O)OC[C@H](C)OC(=O)OCC(C)(C)C)cc1OC(=O)OC(C)CCC. The smallest absolute Gasteiger partial charge is 0.461 e. The molecule has 0 fully saturated rings. The van der Waals surface area contributed by atoms with Gasteiger partial charge in [-0.05, 0) is 63.1 Å². The zero-order valence-corrected chi connectivity index (χ0v) is 26.1. The van der Waals surface area contributed by atoms with Gasteiger partial charge in [-0.25, -0.2) is 14.4 Å². The van der Waals surface area contributed by atoms with E-state index in [-0.39, 0.29) is 48.8 Å². The molecule has 1 aromatic carbocycles. The van der Waals surface area contributed by atoms with E-state index in [4.69, 9.17) is 38.9 Å². The third kappa shape index (κ3) is 15.5. The molecule has 0 spiro atoms. The summed E-state index contributed by atoms with van der Waals surface area (Å²) in [4.78, 5) is 49.0. The van der Waals surface area contributed by atoms with Gasteiger partial charge in [0, 0.05) is 0 Å². The Morgan fingerprint density at radius 2 is 1.29 bits per heavy atom. The minimum Gasteiger partial charge on any atom is -0.461 e. The average Bonchev–Trinajstić information content (AvgIpc) is 2.87. The molecule has 0 amide bonds. The van der Waals surface area contributed by atoms with Gasteiger partial charge in [0.2, 0.25) is 0 Å². The quantitative estimate of drug-likeness (QED) is 0.141. The molecule has 1 rings (SSSR count). The van der Waals surface area contributed by atoms with E-state index in [9.17, 15) is 19.2 Å². The molecular formula is C30H47NO11. The number of nitrogens with two attached hydrogens (primary N) is 1. The van der Waals surface area contributed by atoms with Gasteiger partial charge in [0.05, 0.1) is 6.61 Å². The Balaban J connectivity index is 2.86. The molecule has 2 N–H and O–H groups in total. The van der Waals surface area contributed by atoms with E-state index >= 15 is 0 Å². The van der Waals surface area contributed by atoms with Crippen molar-refractivity contribution < 1.29 is 52.3 Å². The molecule has 0 aromatic heterocycles. The highest BCUT2D eigenvalue weighted by Gasteiger charge is 2.23. The first-order valence-corrected chi connectivity index (χ1v) is 14.3. The van der Waals surface area contributed by atoms with Crippen LogP contribution in [0.1, 0.15) is 86.6 Å². The maximum Gasteiger partial charge on any atom is 0.514 e. The molecule has 238 valence electrons. The molecular weight excluding hydrogens is 550 g/mol. The van der Waals surface area contributed by atoms with E-state index in [1.165, 1.54) is 12.1 Å². The number of rotatable bonds is 15. The molecule has 0 saturated heterocycles. The normalized spacial score (nSPS) is 14.0. The predicted molar refractivity (Wildman–Crippen MR) is 153 cm³/mol. The minimum absolute atomic E-state index is 0.00238. The Bertz CT molecular complexity index is 1020. The van der Waals surface area contributed by atoms with Crippen molar-refractivity contribution in [1.29, 1.82) is 0 Å². The zero-order valence-electron chi connectivity index (χ0n) is 26.1. The molecule has 1 aromatic rings. The molecule has 0 aliphatic rings. The molecule has 12 nitrogen and oxygen atoms in total. The number of carbonyl (C=O) groups is 4. The molecule has 0 aliphatic heterocycles.